The highest BCUT2D eigenvalue weighted by atomic mass is 32.1. The van der Waals surface area contributed by atoms with Crippen LogP contribution in [0.4, 0.5) is 5.13 Å². The van der Waals surface area contributed by atoms with Gasteiger partial charge in [0.05, 0.1) is 5.69 Å². The van der Waals surface area contributed by atoms with Crippen molar-refractivity contribution < 1.29 is 0 Å². The van der Waals surface area contributed by atoms with Crippen LogP contribution in [0.3, 0.4) is 0 Å². The summed E-state index contributed by atoms with van der Waals surface area (Å²) in [7, 11) is 0. The molecule has 0 unspecified atom stereocenters. The maximum Gasteiger partial charge on any atom is 0.209 e. The summed E-state index contributed by atoms with van der Waals surface area (Å²) in [5.41, 5.74) is 7.09. The number of hydrogen-bond donors (Lipinski definition) is 1. The van der Waals surface area contributed by atoms with Crippen molar-refractivity contribution in [3.05, 3.63) is 10.6 Å². The summed E-state index contributed by atoms with van der Waals surface area (Å²) >= 11 is 1.67. The SMILES string of the molecule is C/C=N\c1nc2c(s1)C[C@H](N)CC2. The minimum atomic E-state index is 0.325. The van der Waals surface area contributed by atoms with Crippen LogP contribution in [0.5, 0.6) is 0 Å². The Labute approximate surface area is 81.7 Å². The van der Waals surface area contributed by atoms with Crippen LogP contribution in [0.25, 0.3) is 0 Å². The summed E-state index contributed by atoms with van der Waals surface area (Å²) in [6.07, 6.45) is 4.84. The van der Waals surface area contributed by atoms with Gasteiger partial charge in [-0.15, -0.1) is 0 Å². The predicted octanol–water partition coefficient (Wildman–Crippen LogP) is 1.68. The lowest BCUT2D eigenvalue weighted by Gasteiger charge is -2.15. The van der Waals surface area contributed by atoms with Gasteiger partial charge in [-0.1, -0.05) is 11.3 Å². The molecule has 3 nitrogen and oxygen atoms in total. The van der Waals surface area contributed by atoms with Crippen molar-refractivity contribution in [2.45, 2.75) is 32.2 Å². The molecule has 0 bridgehead atoms. The fraction of sp³-hybridized carbons (Fsp3) is 0.556. The molecule has 2 rings (SSSR count). The summed E-state index contributed by atoms with van der Waals surface area (Å²) in [6.45, 7) is 1.91. The number of thiazole rings is 1. The Kier molecular flexibility index (Phi) is 2.42. The van der Waals surface area contributed by atoms with Crippen molar-refractivity contribution in [2.24, 2.45) is 10.7 Å². The lowest BCUT2D eigenvalue weighted by atomic mass is 9.99. The second kappa shape index (κ2) is 3.55. The number of nitrogens with two attached hydrogens (primary N) is 1. The van der Waals surface area contributed by atoms with Crippen molar-refractivity contribution in [2.75, 3.05) is 0 Å². The Bertz CT molecular complexity index is 330. The molecule has 1 aromatic rings. The van der Waals surface area contributed by atoms with E-state index >= 15 is 0 Å². The standard InChI is InChI=1S/C9H13N3S/c1-2-11-9-12-7-4-3-6(10)5-8(7)13-9/h2,6H,3-5,10H2,1H3/b11-2-/t6-/m1/s1. The first-order valence-corrected chi connectivity index (χ1v) is 5.34. The molecule has 13 heavy (non-hydrogen) atoms. The average Bonchev–Trinajstić information content (AvgIpc) is 2.46. The van der Waals surface area contributed by atoms with Crippen molar-refractivity contribution in [1.82, 2.24) is 4.98 Å². The minimum absolute atomic E-state index is 0.325. The van der Waals surface area contributed by atoms with Crippen LogP contribution < -0.4 is 5.73 Å². The fourth-order valence-electron chi connectivity index (χ4n) is 1.55. The number of rotatable bonds is 1. The van der Waals surface area contributed by atoms with Gasteiger partial charge in [-0.25, -0.2) is 9.98 Å². The monoisotopic (exact) mass is 195 g/mol. The van der Waals surface area contributed by atoms with Gasteiger partial charge in [0.15, 0.2) is 0 Å². The molecule has 0 amide bonds. The van der Waals surface area contributed by atoms with E-state index in [4.69, 9.17) is 5.73 Å². The Balaban J connectivity index is 2.28. The van der Waals surface area contributed by atoms with E-state index in [0.29, 0.717) is 6.04 Å². The highest BCUT2D eigenvalue weighted by molar-refractivity contribution is 7.15. The molecular weight excluding hydrogens is 182 g/mol. The first-order chi connectivity index (χ1) is 6.29. The number of aliphatic imine (C=N–C) groups is 1. The van der Waals surface area contributed by atoms with Crippen LogP contribution in [0.2, 0.25) is 0 Å². The van der Waals surface area contributed by atoms with E-state index in [9.17, 15) is 0 Å². The van der Waals surface area contributed by atoms with Crippen LogP contribution >= 0.6 is 11.3 Å². The Morgan fingerprint density at radius 2 is 2.54 bits per heavy atom. The predicted molar refractivity (Wildman–Crippen MR) is 55.9 cm³/mol. The lowest BCUT2D eigenvalue weighted by molar-refractivity contribution is 0.576. The summed E-state index contributed by atoms with van der Waals surface area (Å²) < 4.78 is 0. The zero-order valence-corrected chi connectivity index (χ0v) is 8.47. The third kappa shape index (κ3) is 1.78. The number of hydrogen-bond acceptors (Lipinski definition) is 4. The third-order valence-corrected chi connectivity index (χ3v) is 3.23. The molecule has 1 heterocycles. The van der Waals surface area contributed by atoms with Crippen molar-refractivity contribution in [3.63, 3.8) is 0 Å². The summed E-state index contributed by atoms with van der Waals surface area (Å²) in [4.78, 5) is 9.95. The van der Waals surface area contributed by atoms with Crippen LogP contribution in [0, 0.1) is 0 Å². The topological polar surface area (TPSA) is 51.3 Å². The molecule has 0 fully saturated rings. The number of aromatic nitrogens is 1. The number of nitrogens with zero attached hydrogens (tertiary/aromatic N) is 2. The molecule has 0 saturated carbocycles. The van der Waals surface area contributed by atoms with E-state index in [1.807, 2.05) is 6.92 Å². The van der Waals surface area contributed by atoms with Crippen molar-refractivity contribution in [1.29, 1.82) is 0 Å². The zero-order valence-electron chi connectivity index (χ0n) is 7.66. The van der Waals surface area contributed by atoms with Crippen LogP contribution in [-0.4, -0.2) is 17.2 Å². The fourth-order valence-corrected chi connectivity index (χ4v) is 2.65. The molecule has 1 atom stereocenters. The molecule has 0 spiro atoms. The largest absolute Gasteiger partial charge is 0.327 e. The molecule has 0 aliphatic heterocycles. The van der Waals surface area contributed by atoms with Crippen molar-refractivity contribution in [3.8, 4) is 0 Å². The van der Waals surface area contributed by atoms with E-state index in [1.165, 1.54) is 10.6 Å². The normalized spacial score (nSPS) is 22.2. The first-order valence-electron chi connectivity index (χ1n) is 4.52. The summed E-state index contributed by atoms with van der Waals surface area (Å²) in [6, 6.07) is 0.325. The molecule has 1 aliphatic rings. The maximum atomic E-state index is 5.87. The number of aryl methyl sites for hydroxylation is 1. The van der Waals surface area contributed by atoms with E-state index < -0.39 is 0 Å². The van der Waals surface area contributed by atoms with Gasteiger partial charge in [0.25, 0.3) is 0 Å². The molecule has 0 saturated heterocycles. The van der Waals surface area contributed by atoms with E-state index in [1.54, 1.807) is 17.6 Å². The quantitative estimate of drug-likeness (QED) is 0.693. The molecule has 70 valence electrons. The van der Waals surface area contributed by atoms with E-state index in [0.717, 1.165) is 24.4 Å². The average molecular weight is 195 g/mol. The van der Waals surface area contributed by atoms with Gasteiger partial charge in [-0.05, 0) is 26.2 Å². The zero-order chi connectivity index (χ0) is 9.26. The van der Waals surface area contributed by atoms with Gasteiger partial charge in [-0.2, -0.15) is 0 Å². The smallest absolute Gasteiger partial charge is 0.209 e. The Morgan fingerprint density at radius 3 is 3.31 bits per heavy atom. The second-order valence-electron chi connectivity index (χ2n) is 3.26. The van der Waals surface area contributed by atoms with Crippen LogP contribution in [0.1, 0.15) is 23.9 Å². The summed E-state index contributed by atoms with van der Waals surface area (Å²) in [5, 5.41) is 0.876. The molecule has 1 aromatic heterocycles. The number of fused-ring (bicyclic) bond motifs is 1. The van der Waals surface area contributed by atoms with E-state index in [2.05, 4.69) is 9.98 Å². The van der Waals surface area contributed by atoms with Crippen molar-refractivity contribution >= 4 is 22.7 Å². The van der Waals surface area contributed by atoms with Crippen LogP contribution in [0.15, 0.2) is 4.99 Å². The molecule has 4 heteroatoms. The van der Waals surface area contributed by atoms with Gasteiger partial charge >= 0.3 is 0 Å². The maximum absolute atomic E-state index is 5.87. The molecular formula is C9H13N3S. The van der Waals surface area contributed by atoms with E-state index in [-0.39, 0.29) is 0 Å². The Hall–Kier alpha value is -0.740. The summed E-state index contributed by atoms with van der Waals surface area (Å²) in [5.74, 6) is 0. The highest BCUT2D eigenvalue weighted by Gasteiger charge is 2.19. The minimum Gasteiger partial charge on any atom is -0.327 e. The second-order valence-corrected chi connectivity index (χ2v) is 4.32. The van der Waals surface area contributed by atoms with Gasteiger partial charge in [0.1, 0.15) is 0 Å². The molecule has 0 aromatic carbocycles. The Morgan fingerprint density at radius 1 is 1.69 bits per heavy atom. The highest BCUT2D eigenvalue weighted by Crippen LogP contribution is 2.30. The molecule has 2 N–H and O–H groups in total. The molecule has 1 aliphatic carbocycles. The van der Waals surface area contributed by atoms with Gasteiger partial charge in [-0.3, -0.25) is 0 Å². The van der Waals surface area contributed by atoms with Crippen LogP contribution in [-0.2, 0) is 12.8 Å². The first kappa shape index (κ1) is 8.84. The lowest BCUT2D eigenvalue weighted by Crippen LogP contribution is -2.26. The molecule has 0 radical (unpaired) electrons. The third-order valence-electron chi connectivity index (χ3n) is 2.21. The van der Waals surface area contributed by atoms with Gasteiger partial charge in [0.2, 0.25) is 5.13 Å². The van der Waals surface area contributed by atoms with Gasteiger partial charge < -0.3 is 5.73 Å². The van der Waals surface area contributed by atoms with Gasteiger partial charge in [0, 0.05) is 17.1 Å².